The molecule has 2 N–H and O–H groups in total. The van der Waals surface area contributed by atoms with E-state index >= 15 is 0 Å². The van der Waals surface area contributed by atoms with E-state index in [4.69, 9.17) is 5.11 Å². The van der Waals surface area contributed by atoms with Gasteiger partial charge in [-0.05, 0) is 30.0 Å². The Morgan fingerprint density at radius 1 is 1.52 bits per heavy atom. The van der Waals surface area contributed by atoms with Crippen LogP contribution in [0.4, 0.5) is 0 Å². The molecule has 21 heavy (non-hydrogen) atoms. The van der Waals surface area contributed by atoms with E-state index in [0.717, 1.165) is 6.08 Å². The van der Waals surface area contributed by atoms with Crippen LogP contribution in [-0.2, 0) is 11.8 Å². The average Bonchev–Trinajstić information content (AvgIpc) is 3.04. The van der Waals surface area contributed by atoms with Crippen molar-refractivity contribution >= 4 is 29.3 Å². The van der Waals surface area contributed by atoms with Crippen molar-refractivity contribution in [2.24, 2.45) is 7.05 Å². The Balaban J connectivity index is 2.13. The minimum atomic E-state index is -1.06. The van der Waals surface area contributed by atoms with Crippen molar-refractivity contribution < 1.29 is 14.7 Å². The predicted molar refractivity (Wildman–Crippen MR) is 77.9 cm³/mol. The molecule has 0 fully saturated rings. The minimum Gasteiger partial charge on any atom is -0.478 e. The van der Waals surface area contributed by atoms with Crippen LogP contribution in [0.2, 0.25) is 0 Å². The maximum absolute atomic E-state index is 12.2. The van der Waals surface area contributed by atoms with Gasteiger partial charge in [-0.2, -0.15) is 0 Å². The molecule has 0 radical (unpaired) electrons. The molecule has 2 aromatic rings. The molecule has 0 aliphatic rings. The lowest BCUT2D eigenvalue weighted by molar-refractivity contribution is -0.131. The molecular formula is C13H14N4O3S. The lowest BCUT2D eigenvalue weighted by Gasteiger charge is -2.12. The van der Waals surface area contributed by atoms with Gasteiger partial charge in [-0.25, -0.2) is 4.79 Å². The van der Waals surface area contributed by atoms with Gasteiger partial charge in [0.2, 0.25) is 0 Å². The van der Waals surface area contributed by atoms with Crippen LogP contribution in [0.5, 0.6) is 0 Å². The summed E-state index contributed by atoms with van der Waals surface area (Å²) in [5.41, 5.74) is 0.574. The molecule has 1 unspecified atom stereocenters. The maximum atomic E-state index is 12.2. The van der Waals surface area contributed by atoms with Crippen LogP contribution in [0, 0.1) is 0 Å². The van der Waals surface area contributed by atoms with Crippen molar-refractivity contribution in [3.05, 3.63) is 40.1 Å². The number of aliphatic carboxylic acids is 1. The normalized spacial score (nSPS) is 12.5. The van der Waals surface area contributed by atoms with Gasteiger partial charge >= 0.3 is 5.97 Å². The Labute approximate surface area is 124 Å². The van der Waals surface area contributed by atoms with Crippen molar-refractivity contribution in [1.29, 1.82) is 0 Å². The number of hydrogen-bond acceptors (Lipinski definition) is 5. The monoisotopic (exact) mass is 306 g/mol. The second-order valence-corrected chi connectivity index (χ2v) is 5.29. The number of carboxylic acids is 1. The molecule has 2 heterocycles. The molecule has 1 atom stereocenters. The second kappa shape index (κ2) is 6.31. The topological polar surface area (TPSA) is 97.1 Å². The molecule has 0 aromatic carbocycles. The van der Waals surface area contributed by atoms with Crippen molar-refractivity contribution in [2.45, 2.75) is 13.0 Å². The number of aromatic nitrogens is 3. The first kappa shape index (κ1) is 14.9. The van der Waals surface area contributed by atoms with Crippen LogP contribution < -0.4 is 5.32 Å². The van der Waals surface area contributed by atoms with Gasteiger partial charge in [-0.15, -0.1) is 21.5 Å². The summed E-state index contributed by atoms with van der Waals surface area (Å²) in [5, 5.41) is 20.9. The number of carbonyl (C=O) groups is 2. The van der Waals surface area contributed by atoms with Crippen LogP contribution >= 0.6 is 11.3 Å². The molecule has 7 nitrogen and oxygen atoms in total. The van der Waals surface area contributed by atoms with Crippen molar-refractivity contribution in [1.82, 2.24) is 20.1 Å². The summed E-state index contributed by atoms with van der Waals surface area (Å²) in [6.45, 7) is 1.81. The predicted octanol–water partition coefficient (Wildman–Crippen LogP) is 1.47. The van der Waals surface area contributed by atoms with Crippen LogP contribution in [0.25, 0.3) is 6.08 Å². The van der Waals surface area contributed by atoms with Gasteiger partial charge in [-0.1, -0.05) is 0 Å². The second-order valence-electron chi connectivity index (χ2n) is 4.37. The van der Waals surface area contributed by atoms with Crippen LogP contribution in [-0.4, -0.2) is 31.7 Å². The third kappa shape index (κ3) is 3.54. The summed E-state index contributed by atoms with van der Waals surface area (Å²) >= 11 is 1.25. The highest BCUT2D eigenvalue weighted by atomic mass is 32.1. The lowest BCUT2D eigenvalue weighted by Crippen LogP contribution is -2.28. The van der Waals surface area contributed by atoms with Crippen molar-refractivity contribution in [3.63, 3.8) is 0 Å². The number of hydrogen-bond donors (Lipinski definition) is 2. The summed E-state index contributed by atoms with van der Waals surface area (Å²) in [6, 6.07) is 1.40. The molecule has 1 amide bonds. The van der Waals surface area contributed by atoms with Crippen molar-refractivity contribution in [2.75, 3.05) is 0 Å². The Hall–Kier alpha value is -2.48. The minimum absolute atomic E-state index is 0.273. The SMILES string of the molecule is CC(NC(=O)c1sccc1C=CC(=O)O)c1nncn1C. The number of carboxylic acid groups (broad SMARTS) is 1. The number of rotatable bonds is 5. The Morgan fingerprint density at radius 2 is 2.29 bits per heavy atom. The average molecular weight is 306 g/mol. The lowest BCUT2D eigenvalue weighted by atomic mass is 10.2. The van der Waals surface area contributed by atoms with Crippen molar-refractivity contribution in [3.8, 4) is 0 Å². The van der Waals surface area contributed by atoms with Crippen LogP contribution in [0.1, 0.15) is 34.0 Å². The summed E-state index contributed by atoms with van der Waals surface area (Å²) in [4.78, 5) is 23.3. The zero-order valence-corrected chi connectivity index (χ0v) is 12.3. The molecule has 2 rings (SSSR count). The molecule has 0 aliphatic carbocycles. The van der Waals surface area contributed by atoms with Gasteiger partial charge in [0.05, 0.1) is 10.9 Å². The van der Waals surface area contributed by atoms with Gasteiger partial charge in [0, 0.05) is 13.1 Å². The first-order chi connectivity index (χ1) is 9.99. The number of nitrogens with one attached hydrogen (secondary N) is 1. The maximum Gasteiger partial charge on any atom is 0.328 e. The van der Waals surface area contributed by atoms with E-state index in [1.54, 1.807) is 29.4 Å². The van der Waals surface area contributed by atoms with E-state index in [0.29, 0.717) is 16.3 Å². The van der Waals surface area contributed by atoms with E-state index in [9.17, 15) is 9.59 Å². The van der Waals surface area contributed by atoms with E-state index in [1.165, 1.54) is 17.4 Å². The molecule has 0 saturated carbocycles. The van der Waals surface area contributed by atoms with Gasteiger partial charge in [0.25, 0.3) is 5.91 Å². The highest BCUT2D eigenvalue weighted by molar-refractivity contribution is 7.12. The molecule has 8 heteroatoms. The standard InChI is InChI=1S/C13H14N4O3S/c1-8(12-16-14-7-17(12)2)15-13(20)11-9(5-6-21-11)3-4-10(18)19/h3-8H,1-2H3,(H,15,20)(H,18,19). The Bertz CT molecular complexity index is 689. The first-order valence-corrected chi connectivity index (χ1v) is 7.00. The van der Waals surface area contributed by atoms with Gasteiger partial charge in [0.15, 0.2) is 5.82 Å². The third-order valence-corrected chi connectivity index (χ3v) is 3.72. The molecule has 0 saturated heterocycles. The molecular weight excluding hydrogens is 292 g/mol. The summed E-state index contributed by atoms with van der Waals surface area (Å²) < 4.78 is 1.73. The van der Waals surface area contributed by atoms with Gasteiger partial charge in [-0.3, -0.25) is 4.79 Å². The number of nitrogens with zero attached hydrogens (tertiary/aromatic N) is 3. The summed E-state index contributed by atoms with van der Waals surface area (Å²) in [6.07, 6.45) is 3.97. The fraction of sp³-hybridized carbons (Fsp3) is 0.231. The van der Waals surface area contributed by atoms with Gasteiger partial charge < -0.3 is 15.0 Å². The zero-order valence-electron chi connectivity index (χ0n) is 11.5. The zero-order chi connectivity index (χ0) is 15.4. The molecule has 0 spiro atoms. The fourth-order valence-electron chi connectivity index (χ4n) is 1.81. The smallest absolute Gasteiger partial charge is 0.328 e. The molecule has 0 bridgehead atoms. The number of aryl methyl sites for hydroxylation is 1. The quantitative estimate of drug-likeness (QED) is 0.815. The number of thiophene rings is 1. The van der Waals surface area contributed by atoms with E-state index < -0.39 is 5.97 Å². The van der Waals surface area contributed by atoms with Crippen LogP contribution in [0.15, 0.2) is 23.8 Å². The highest BCUT2D eigenvalue weighted by Crippen LogP contribution is 2.19. The molecule has 2 aromatic heterocycles. The van der Waals surface area contributed by atoms with E-state index in [2.05, 4.69) is 15.5 Å². The largest absolute Gasteiger partial charge is 0.478 e. The number of amides is 1. The Kier molecular flexibility index (Phi) is 4.49. The van der Waals surface area contributed by atoms with E-state index in [1.807, 2.05) is 6.92 Å². The Morgan fingerprint density at radius 3 is 2.90 bits per heavy atom. The summed E-state index contributed by atoms with van der Waals surface area (Å²) in [7, 11) is 1.80. The van der Waals surface area contributed by atoms with E-state index in [-0.39, 0.29) is 11.9 Å². The first-order valence-electron chi connectivity index (χ1n) is 6.12. The number of carbonyl (C=O) groups excluding carboxylic acids is 1. The molecule has 0 aliphatic heterocycles. The third-order valence-electron chi connectivity index (χ3n) is 2.79. The summed E-state index contributed by atoms with van der Waals surface area (Å²) in [5.74, 6) is -0.687. The molecule has 110 valence electrons. The highest BCUT2D eigenvalue weighted by Gasteiger charge is 2.18. The van der Waals surface area contributed by atoms with Gasteiger partial charge in [0.1, 0.15) is 6.33 Å². The van der Waals surface area contributed by atoms with Crippen LogP contribution in [0.3, 0.4) is 0 Å². The fourth-order valence-corrected chi connectivity index (χ4v) is 2.60.